The van der Waals surface area contributed by atoms with E-state index in [4.69, 9.17) is 5.11 Å². The monoisotopic (exact) mass is 382 g/mol. The fraction of sp³-hybridized carbons (Fsp3) is 0. The van der Waals surface area contributed by atoms with Crippen LogP contribution in [0.25, 0.3) is 0 Å². The maximum absolute atomic E-state index is 12.3. The smallest absolute Gasteiger partial charge is 0.336 e. The fourth-order valence-electron chi connectivity index (χ4n) is 1.65. The van der Waals surface area contributed by atoms with E-state index in [1.807, 2.05) is 0 Å². The van der Waals surface area contributed by atoms with E-state index in [-0.39, 0.29) is 16.9 Å². The molecule has 0 aliphatic carbocycles. The summed E-state index contributed by atoms with van der Waals surface area (Å²) in [5.41, 5.74) is 0.615. The largest absolute Gasteiger partial charge is 0.478 e. The molecule has 5 heteroatoms. The van der Waals surface area contributed by atoms with Gasteiger partial charge in [-0.25, -0.2) is 4.79 Å². The maximum Gasteiger partial charge on any atom is 0.336 e. The van der Waals surface area contributed by atoms with Crippen molar-refractivity contribution in [3.05, 3.63) is 68.1 Å². The van der Waals surface area contributed by atoms with E-state index in [1.165, 1.54) is 12.1 Å². The van der Waals surface area contributed by atoms with Crippen LogP contribution in [-0.2, 0) is 0 Å². The topological polar surface area (TPSA) is 54.4 Å². The summed E-state index contributed by atoms with van der Waals surface area (Å²) in [5.74, 6) is -1.43. The van der Waals surface area contributed by atoms with Gasteiger partial charge in [0.25, 0.3) is 0 Å². The first-order valence-electron chi connectivity index (χ1n) is 5.32. The van der Waals surface area contributed by atoms with Crippen LogP contribution in [0.3, 0.4) is 0 Å². The van der Waals surface area contributed by atoms with Crippen LogP contribution in [0, 0.1) is 0 Å². The summed E-state index contributed by atoms with van der Waals surface area (Å²) in [6.07, 6.45) is 0. The Labute approximate surface area is 126 Å². The van der Waals surface area contributed by atoms with Crippen LogP contribution in [0.5, 0.6) is 0 Å². The van der Waals surface area contributed by atoms with Gasteiger partial charge in [-0.05, 0) is 42.5 Å². The Balaban J connectivity index is 2.51. The zero-order valence-corrected chi connectivity index (χ0v) is 12.7. The molecule has 2 aromatic rings. The molecule has 0 amide bonds. The number of carboxylic acid groups (broad SMARTS) is 1. The van der Waals surface area contributed by atoms with E-state index in [9.17, 15) is 9.59 Å². The predicted molar refractivity (Wildman–Crippen MR) is 78.7 cm³/mol. The summed E-state index contributed by atoms with van der Waals surface area (Å²) in [7, 11) is 0. The number of halogens is 2. The quantitative estimate of drug-likeness (QED) is 0.810. The Hall–Kier alpha value is -1.46. The van der Waals surface area contributed by atoms with Gasteiger partial charge in [0, 0.05) is 20.1 Å². The molecule has 2 aromatic carbocycles. The summed E-state index contributed by atoms with van der Waals surface area (Å²) in [5, 5.41) is 9.12. The van der Waals surface area contributed by atoms with Crippen molar-refractivity contribution < 1.29 is 14.7 Å². The van der Waals surface area contributed by atoms with Gasteiger partial charge in [-0.1, -0.05) is 31.9 Å². The Morgan fingerprint density at radius 1 is 0.842 bits per heavy atom. The summed E-state index contributed by atoms with van der Waals surface area (Å²) < 4.78 is 1.52. The van der Waals surface area contributed by atoms with Crippen LogP contribution in [-0.4, -0.2) is 16.9 Å². The van der Waals surface area contributed by atoms with Gasteiger partial charge in [-0.2, -0.15) is 0 Å². The number of carboxylic acids is 1. The predicted octanol–water partition coefficient (Wildman–Crippen LogP) is 4.14. The van der Waals surface area contributed by atoms with Gasteiger partial charge in [0.2, 0.25) is 0 Å². The van der Waals surface area contributed by atoms with Gasteiger partial charge in [0.1, 0.15) is 0 Å². The van der Waals surface area contributed by atoms with Gasteiger partial charge in [0.15, 0.2) is 5.78 Å². The third-order valence-corrected chi connectivity index (χ3v) is 3.58. The van der Waals surface area contributed by atoms with Crippen molar-refractivity contribution in [2.24, 2.45) is 0 Å². The molecule has 0 bridgehead atoms. The number of ketones is 1. The van der Waals surface area contributed by atoms with Crippen molar-refractivity contribution in [2.75, 3.05) is 0 Å². The highest BCUT2D eigenvalue weighted by Crippen LogP contribution is 2.21. The zero-order valence-electron chi connectivity index (χ0n) is 9.56. The van der Waals surface area contributed by atoms with Gasteiger partial charge >= 0.3 is 5.97 Å². The van der Waals surface area contributed by atoms with E-state index < -0.39 is 5.97 Å². The molecule has 0 saturated heterocycles. The number of rotatable bonds is 3. The molecule has 0 aromatic heterocycles. The van der Waals surface area contributed by atoms with Gasteiger partial charge in [-0.15, -0.1) is 0 Å². The average Bonchev–Trinajstić information content (AvgIpc) is 2.38. The lowest BCUT2D eigenvalue weighted by atomic mass is 9.98. The van der Waals surface area contributed by atoms with Crippen LogP contribution in [0.15, 0.2) is 51.4 Å². The Morgan fingerprint density at radius 3 is 2.00 bits per heavy atom. The second-order valence-corrected chi connectivity index (χ2v) is 5.66. The molecule has 0 spiro atoms. The third kappa shape index (κ3) is 3.11. The van der Waals surface area contributed by atoms with Crippen molar-refractivity contribution in [1.82, 2.24) is 0 Å². The highest BCUT2D eigenvalue weighted by atomic mass is 79.9. The molecule has 0 heterocycles. The highest BCUT2D eigenvalue weighted by molar-refractivity contribution is 9.10. The second kappa shape index (κ2) is 5.67. The molecule has 0 aliphatic rings. The molecule has 3 nitrogen and oxygen atoms in total. The van der Waals surface area contributed by atoms with E-state index in [2.05, 4.69) is 31.9 Å². The van der Waals surface area contributed by atoms with Crippen molar-refractivity contribution in [1.29, 1.82) is 0 Å². The lowest BCUT2D eigenvalue weighted by Crippen LogP contribution is -2.09. The standard InChI is InChI=1S/C14H8Br2O3/c15-9-3-1-8(2-4-9)13(17)12-7-10(16)5-6-11(12)14(18)19/h1-7H,(H,18,19). The molecule has 1 N–H and O–H groups in total. The molecular formula is C14H8Br2O3. The minimum atomic E-state index is -1.12. The normalized spacial score (nSPS) is 10.2. The van der Waals surface area contributed by atoms with Crippen LogP contribution in [0.1, 0.15) is 26.3 Å². The second-order valence-electron chi connectivity index (χ2n) is 3.83. The molecule has 2 rings (SSSR count). The summed E-state index contributed by atoms with van der Waals surface area (Å²) in [4.78, 5) is 23.5. The molecule has 0 unspecified atom stereocenters. The first kappa shape index (κ1) is 14.0. The Kier molecular flexibility index (Phi) is 4.17. The third-order valence-electron chi connectivity index (χ3n) is 2.56. The van der Waals surface area contributed by atoms with Crippen LogP contribution >= 0.6 is 31.9 Å². The highest BCUT2D eigenvalue weighted by Gasteiger charge is 2.18. The van der Waals surface area contributed by atoms with Crippen molar-refractivity contribution in [3.63, 3.8) is 0 Å². The molecule has 0 radical (unpaired) electrons. The number of hydrogen-bond donors (Lipinski definition) is 1. The summed E-state index contributed by atoms with van der Waals surface area (Å²) in [6.45, 7) is 0. The van der Waals surface area contributed by atoms with Gasteiger partial charge in [0.05, 0.1) is 5.56 Å². The average molecular weight is 384 g/mol. The van der Waals surface area contributed by atoms with Gasteiger partial charge < -0.3 is 5.11 Å². The van der Waals surface area contributed by atoms with Crippen LogP contribution in [0.4, 0.5) is 0 Å². The molecule has 19 heavy (non-hydrogen) atoms. The SMILES string of the molecule is O=C(O)c1ccc(Br)cc1C(=O)c1ccc(Br)cc1. The minimum absolute atomic E-state index is 0.00359. The van der Waals surface area contributed by atoms with E-state index >= 15 is 0 Å². The lowest BCUT2D eigenvalue weighted by Gasteiger charge is -2.06. The molecule has 0 fully saturated rings. The summed E-state index contributed by atoms with van der Waals surface area (Å²) >= 11 is 6.53. The van der Waals surface area contributed by atoms with Crippen molar-refractivity contribution >= 4 is 43.6 Å². The number of hydrogen-bond acceptors (Lipinski definition) is 2. The number of benzene rings is 2. The zero-order chi connectivity index (χ0) is 14.0. The van der Waals surface area contributed by atoms with Crippen molar-refractivity contribution in [2.45, 2.75) is 0 Å². The minimum Gasteiger partial charge on any atom is -0.478 e. The lowest BCUT2D eigenvalue weighted by molar-refractivity contribution is 0.0693. The fourth-order valence-corrected chi connectivity index (χ4v) is 2.27. The van der Waals surface area contributed by atoms with Crippen LogP contribution in [0.2, 0.25) is 0 Å². The van der Waals surface area contributed by atoms with Gasteiger partial charge in [-0.3, -0.25) is 4.79 Å². The Bertz CT molecular complexity index is 648. The summed E-state index contributed by atoms with van der Waals surface area (Å²) in [6, 6.07) is 11.3. The Morgan fingerprint density at radius 2 is 1.42 bits per heavy atom. The maximum atomic E-state index is 12.3. The number of carbonyl (C=O) groups is 2. The van der Waals surface area contributed by atoms with E-state index in [0.717, 1.165) is 4.47 Å². The first-order valence-corrected chi connectivity index (χ1v) is 6.91. The van der Waals surface area contributed by atoms with Crippen LogP contribution < -0.4 is 0 Å². The number of carbonyl (C=O) groups excluding carboxylic acids is 1. The van der Waals surface area contributed by atoms with Crippen molar-refractivity contribution in [3.8, 4) is 0 Å². The molecule has 96 valence electrons. The van der Waals surface area contributed by atoms with E-state index in [1.54, 1.807) is 30.3 Å². The molecular weight excluding hydrogens is 376 g/mol. The number of aromatic carboxylic acids is 1. The molecule has 0 aliphatic heterocycles. The first-order chi connectivity index (χ1) is 8.99. The molecule has 0 saturated carbocycles. The molecule has 0 atom stereocenters. The van der Waals surface area contributed by atoms with E-state index in [0.29, 0.717) is 10.0 Å².